The molecule has 0 aromatic heterocycles. The molecule has 0 aliphatic heterocycles. The number of hydrogen-bond donors (Lipinski definition) is 1. The van der Waals surface area contributed by atoms with Gasteiger partial charge < -0.3 is 24.4 Å². The van der Waals surface area contributed by atoms with Gasteiger partial charge in [0.1, 0.15) is 6.61 Å². The maximum absolute atomic E-state index is 11.4. The van der Waals surface area contributed by atoms with Crippen molar-refractivity contribution in [2.75, 3.05) is 20.2 Å². The fraction of sp³-hybridized carbons (Fsp3) is 0.750. The number of hydroxylamine groups is 2. The Morgan fingerprint density at radius 2 is 1.62 bits per heavy atom. The van der Waals surface area contributed by atoms with E-state index in [0.717, 1.165) is 0 Å². The maximum Gasteiger partial charge on any atom is 0.533 e. The second kappa shape index (κ2) is 9.67. The van der Waals surface area contributed by atoms with Crippen molar-refractivity contribution in [1.82, 2.24) is 10.4 Å². The number of ether oxygens (including phenoxy) is 3. The topological polar surface area (TPSA) is 103 Å². The molecule has 0 fully saturated rings. The van der Waals surface area contributed by atoms with Crippen molar-refractivity contribution in [2.24, 2.45) is 0 Å². The van der Waals surface area contributed by atoms with Crippen molar-refractivity contribution in [1.29, 1.82) is 0 Å². The van der Waals surface area contributed by atoms with Crippen molar-refractivity contribution in [2.45, 2.75) is 39.9 Å². The van der Waals surface area contributed by atoms with E-state index in [1.54, 1.807) is 27.7 Å². The molecule has 0 rings (SSSR count). The van der Waals surface area contributed by atoms with Gasteiger partial charge in [-0.05, 0) is 27.7 Å². The number of carbonyl (C=O) groups is 3. The Morgan fingerprint density at radius 3 is 2.14 bits per heavy atom. The molecule has 2 amide bonds. The lowest BCUT2D eigenvalue weighted by atomic mass is 10.5. The molecule has 0 aromatic rings. The monoisotopic (exact) mass is 306 g/mol. The van der Waals surface area contributed by atoms with E-state index in [4.69, 9.17) is 9.47 Å². The molecule has 0 saturated heterocycles. The summed E-state index contributed by atoms with van der Waals surface area (Å²) >= 11 is 0. The van der Waals surface area contributed by atoms with Gasteiger partial charge >= 0.3 is 18.3 Å². The van der Waals surface area contributed by atoms with E-state index in [-0.39, 0.29) is 25.4 Å². The molecule has 122 valence electrons. The van der Waals surface area contributed by atoms with Crippen molar-refractivity contribution in [3.05, 3.63) is 0 Å². The normalized spacial score (nSPS) is 10.0. The average molecular weight is 306 g/mol. The predicted octanol–water partition coefficient (Wildman–Crippen LogP) is 1.67. The van der Waals surface area contributed by atoms with Gasteiger partial charge in [0.05, 0.1) is 25.8 Å². The standard InChI is InChI=1S/C12H22N2O7/c1-8(2)19-10(15)13-6-7-18-11(16)14(5)21-12(17)20-9(3)4/h8-9H,6-7H2,1-5H3,(H,13,15). The molecule has 21 heavy (non-hydrogen) atoms. The summed E-state index contributed by atoms with van der Waals surface area (Å²) in [6, 6.07) is 0. The van der Waals surface area contributed by atoms with Gasteiger partial charge in [-0.1, -0.05) is 0 Å². The maximum atomic E-state index is 11.4. The summed E-state index contributed by atoms with van der Waals surface area (Å²) in [6.45, 7) is 6.67. The van der Waals surface area contributed by atoms with Crippen LogP contribution in [0.15, 0.2) is 0 Å². The molecule has 0 radical (unpaired) electrons. The Morgan fingerprint density at radius 1 is 1.05 bits per heavy atom. The summed E-state index contributed by atoms with van der Waals surface area (Å²) in [5.74, 6) is 0. The number of amides is 2. The summed E-state index contributed by atoms with van der Waals surface area (Å²) < 4.78 is 14.2. The van der Waals surface area contributed by atoms with E-state index in [1.165, 1.54) is 7.05 Å². The molecular formula is C12H22N2O7. The van der Waals surface area contributed by atoms with E-state index in [2.05, 4.69) is 14.9 Å². The van der Waals surface area contributed by atoms with E-state index in [1.807, 2.05) is 0 Å². The number of carbonyl (C=O) groups excluding carboxylic acids is 3. The van der Waals surface area contributed by atoms with Gasteiger partial charge in [0.25, 0.3) is 0 Å². The first kappa shape index (κ1) is 18.8. The summed E-state index contributed by atoms with van der Waals surface area (Å²) in [5.41, 5.74) is 0. The van der Waals surface area contributed by atoms with Crippen LogP contribution in [0.4, 0.5) is 14.4 Å². The van der Waals surface area contributed by atoms with E-state index in [0.29, 0.717) is 5.06 Å². The zero-order valence-corrected chi connectivity index (χ0v) is 12.9. The Kier molecular flexibility index (Phi) is 8.66. The van der Waals surface area contributed by atoms with Crippen LogP contribution < -0.4 is 5.32 Å². The van der Waals surface area contributed by atoms with Gasteiger partial charge in [0.15, 0.2) is 0 Å². The first-order valence-electron chi connectivity index (χ1n) is 6.46. The second-order valence-electron chi connectivity index (χ2n) is 4.50. The molecule has 0 aromatic carbocycles. The highest BCUT2D eigenvalue weighted by Crippen LogP contribution is 1.98. The van der Waals surface area contributed by atoms with Crippen molar-refractivity contribution >= 4 is 18.3 Å². The molecular weight excluding hydrogens is 284 g/mol. The SMILES string of the molecule is CC(C)OC(=O)NCCOC(=O)N(C)OC(=O)OC(C)C. The minimum Gasteiger partial charge on any atom is -0.447 e. The van der Waals surface area contributed by atoms with Crippen molar-refractivity contribution in [3.63, 3.8) is 0 Å². The third-order valence-corrected chi connectivity index (χ3v) is 1.74. The Balaban J connectivity index is 3.83. The molecule has 0 spiro atoms. The lowest BCUT2D eigenvalue weighted by molar-refractivity contribution is -0.101. The Bertz CT molecular complexity index is 358. The first-order chi connectivity index (χ1) is 9.72. The highest BCUT2D eigenvalue weighted by Gasteiger charge is 2.17. The Labute approximate surface area is 123 Å². The lowest BCUT2D eigenvalue weighted by Crippen LogP contribution is -2.34. The predicted molar refractivity (Wildman–Crippen MR) is 71.4 cm³/mol. The minimum atomic E-state index is -1.01. The van der Waals surface area contributed by atoms with Crippen LogP contribution in [-0.4, -0.2) is 55.8 Å². The summed E-state index contributed by atoms with van der Waals surface area (Å²) in [4.78, 5) is 38.2. The van der Waals surface area contributed by atoms with Crippen LogP contribution in [-0.2, 0) is 19.0 Å². The minimum absolute atomic E-state index is 0.0710. The van der Waals surface area contributed by atoms with Gasteiger partial charge in [-0.2, -0.15) is 0 Å². The first-order valence-corrected chi connectivity index (χ1v) is 6.46. The molecule has 0 bridgehead atoms. The molecule has 0 aliphatic carbocycles. The van der Waals surface area contributed by atoms with Gasteiger partial charge in [-0.25, -0.2) is 14.4 Å². The fourth-order valence-electron chi connectivity index (χ4n) is 1.00. The average Bonchev–Trinajstić information content (AvgIpc) is 2.32. The summed E-state index contributed by atoms with van der Waals surface area (Å²) in [5, 5.41) is 2.98. The van der Waals surface area contributed by atoms with Gasteiger partial charge in [0.2, 0.25) is 0 Å². The molecule has 9 nitrogen and oxygen atoms in total. The van der Waals surface area contributed by atoms with Crippen LogP contribution in [0.25, 0.3) is 0 Å². The summed E-state index contributed by atoms with van der Waals surface area (Å²) in [7, 11) is 1.20. The zero-order chi connectivity index (χ0) is 16.4. The van der Waals surface area contributed by atoms with Gasteiger partial charge in [0, 0.05) is 0 Å². The zero-order valence-electron chi connectivity index (χ0n) is 12.9. The van der Waals surface area contributed by atoms with Crippen molar-refractivity contribution < 1.29 is 33.4 Å². The van der Waals surface area contributed by atoms with Crippen LogP contribution in [0, 0.1) is 0 Å². The highest BCUT2D eigenvalue weighted by molar-refractivity contribution is 5.69. The highest BCUT2D eigenvalue weighted by atomic mass is 16.8. The molecule has 0 heterocycles. The van der Waals surface area contributed by atoms with E-state index >= 15 is 0 Å². The third-order valence-electron chi connectivity index (χ3n) is 1.74. The molecule has 0 aliphatic rings. The van der Waals surface area contributed by atoms with Crippen molar-refractivity contribution in [3.8, 4) is 0 Å². The van der Waals surface area contributed by atoms with Gasteiger partial charge in [-0.15, -0.1) is 5.06 Å². The molecule has 0 saturated carbocycles. The van der Waals surface area contributed by atoms with Gasteiger partial charge in [-0.3, -0.25) is 0 Å². The van der Waals surface area contributed by atoms with E-state index in [9.17, 15) is 14.4 Å². The molecule has 9 heteroatoms. The quantitative estimate of drug-likeness (QED) is 0.356. The third kappa shape index (κ3) is 10.3. The number of hydrogen-bond acceptors (Lipinski definition) is 7. The number of alkyl carbamates (subject to hydrolysis) is 1. The fourth-order valence-corrected chi connectivity index (χ4v) is 1.00. The number of nitrogens with zero attached hydrogens (tertiary/aromatic N) is 1. The number of rotatable bonds is 5. The number of nitrogens with one attached hydrogen (secondary N) is 1. The Hall–Kier alpha value is -2.19. The summed E-state index contributed by atoms with van der Waals surface area (Å²) in [6.07, 6.45) is -3.11. The lowest BCUT2D eigenvalue weighted by Gasteiger charge is -2.16. The van der Waals surface area contributed by atoms with Crippen LogP contribution >= 0.6 is 0 Å². The largest absolute Gasteiger partial charge is 0.533 e. The smallest absolute Gasteiger partial charge is 0.447 e. The second-order valence-corrected chi connectivity index (χ2v) is 4.50. The molecule has 0 unspecified atom stereocenters. The van der Waals surface area contributed by atoms with E-state index < -0.39 is 18.3 Å². The molecule has 1 N–H and O–H groups in total. The van der Waals surface area contributed by atoms with Crippen LogP contribution in [0.3, 0.4) is 0 Å². The van der Waals surface area contributed by atoms with Crippen LogP contribution in [0.5, 0.6) is 0 Å². The van der Waals surface area contributed by atoms with Crippen LogP contribution in [0.2, 0.25) is 0 Å². The molecule has 0 atom stereocenters. The van der Waals surface area contributed by atoms with Crippen LogP contribution in [0.1, 0.15) is 27.7 Å².